The van der Waals surface area contributed by atoms with Gasteiger partial charge in [-0.15, -0.1) is 0 Å². The summed E-state index contributed by atoms with van der Waals surface area (Å²) < 4.78 is 68.1. The fourth-order valence-corrected chi connectivity index (χ4v) is 3.61. The van der Waals surface area contributed by atoms with E-state index in [1.165, 1.54) is 25.4 Å². The molecule has 3 aromatic rings. The Balaban J connectivity index is 0.00000280. The lowest BCUT2D eigenvalue weighted by atomic mass is 10.2. The summed E-state index contributed by atoms with van der Waals surface area (Å²) in [5, 5.41) is 0.254. The average molecular weight is 438 g/mol. The molecule has 0 fully saturated rings. The maximum Gasteiger partial charge on any atom is 0.387 e. The molecule has 0 aliphatic heterocycles. The molecule has 0 saturated carbocycles. The summed E-state index contributed by atoms with van der Waals surface area (Å²) in [6.07, 6.45) is 1.23. The minimum atomic E-state index is -4.74. The number of halogens is 3. The molecule has 0 aliphatic carbocycles. The van der Waals surface area contributed by atoms with Crippen molar-refractivity contribution in [2.75, 3.05) is 7.11 Å². The molecule has 3 N–H and O–H groups in total. The number of methoxy groups -OCH3 is 1. The molecule has 13 heteroatoms. The fourth-order valence-electron chi connectivity index (χ4n) is 2.59. The first kappa shape index (κ1) is 21.8. The van der Waals surface area contributed by atoms with Crippen molar-refractivity contribution in [2.24, 2.45) is 0 Å². The van der Waals surface area contributed by atoms with Gasteiger partial charge in [0.2, 0.25) is 0 Å². The summed E-state index contributed by atoms with van der Waals surface area (Å²) in [4.78, 5) is 8.20. The molecule has 2 heterocycles. The Kier molecular flexibility index (Phi) is 6.39. The van der Waals surface area contributed by atoms with Crippen molar-refractivity contribution in [3.05, 3.63) is 47.0 Å². The number of benzene rings is 1. The molecule has 0 amide bonds. The molecule has 1 aromatic carbocycles. The number of hydrogen-bond acceptors (Lipinski definition) is 6. The molecule has 0 saturated heterocycles. The van der Waals surface area contributed by atoms with Gasteiger partial charge in [0.25, 0.3) is 0 Å². The first-order valence-electron chi connectivity index (χ1n) is 7.32. The van der Waals surface area contributed by atoms with E-state index in [0.717, 1.165) is 12.1 Å². The number of pyridine rings is 1. The zero-order valence-electron chi connectivity index (χ0n) is 14.1. The fraction of sp³-hybridized carbons (Fsp3) is 0.200. The van der Waals surface area contributed by atoms with E-state index >= 15 is 0 Å². The van der Waals surface area contributed by atoms with Gasteiger partial charge >= 0.3 is 16.9 Å². The molecule has 0 bridgehead atoms. The number of fused-ring (bicyclic) bond motifs is 1. The van der Waals surface area contributed by atoms with Gasteiger partial charge in [0, 0.05) is 12.3 Å². The van der Waals surface area contributed by atoms with E-state index in [1.54, 1.807) is 0 Å². The van der Waals surface area contributed by atoms with Gasteiger partial charge in [-0.3, -0.25) is 9.54 Å². The Labute approximate surface area is 162 Å². The predicted molar refractivity (Wildman–Crippen MR) is 95.5 cm³/mol. The van der Waals surface area contributed by atoms with Crippen LogP contribution in [0.1, 0.15) is 11.5 Å². The Morgan fingerprint density at radius 2 is 2.04 bits per heavy atom. The molecule has 3 rings (SSSR count). The van der Waals surface area contributed by atoms with Gasteiger partial charge < -0.3 is 14.9 Å². The minimum Gasteiger partial charge on any atom is -0.493 e. The highest BCUT2D eigenvalue weighted by Gasteiger charge is 2.23. The zero-order valence-corrected chi connectivity index (χ0v) is 15.7. The third-order valence-corrected chi connectivity index (χ3v) is 4.73. The quantitative estimate of drug-likeness (QED) is 0.583. The van der Waals surface area contributed by atoms with E-state index < -0.39 is 16.9 Å². The van der Waals surface area contributed by atoms with Crippen LogP contribution in [0.2, 0.25) is 5.02 Å². The van der Waals surface area contributed by atoms with Crippen LogP contribution in [-0.2, 0) is 16.7 Å². The molecule has 28 heavy (non-hydrogen) atoms. The van der Waals surface area contributed by atoms with Crippen molar-refractivity contribution in [1.82, 2.24) is 13.9 Å². The van der Waals surface area contributed by atoms with Gasteiger partial charge in [-0.25, -0.2) is 8.96 Å². The Bertz CT molecular complexity index is 1110. The van der Waals surface area contributed by atoms with Crippen LogP contribution in [0.25, 0.3) is 11.0 Å². The highest BCUT2D eigenvalue weighted by Crippen LogP contribution is 2.30. The largest absolute Gasteiger partial charge is 0.493 e. The van der Waals surface area contributed by atoms with Gasteiger partial charge in [0.1, 0.15) is 11.6 Å². The van der Waals surface area contributed by atoms with Crippen LogP contribution in [0.4, 0.5) is 8.78 Å². The van der Waals surface area contributed by atoms with Crippen LogP contribution in [0.3, 0.4) is 0 Å². The lowest BCUT2D eigenvalue weighted by Gasteiger charge is -2.09. The summed E-state index contributed by atoms with van der Waals surface area (Å²) >= 11 is 6.03. The normalized spacial score (nSPS) is 11.5. The van der Waals surface area contributed by atoms with Gasteiger partial charge in [0.15, 0.2) is 5.75 Å². The number of rotatable bonds is 6. The maximum absolute atomic E-state index is 12.4. The monoisotopic (exact) mass is 437 g/mol. The summed E-state index contributed by atoms with van der Waals surface area (Å²) in [6.45, 7) is -3.05. The number of nitrogens with zero attached hydrogens (tertiary/aromatic N) is 3. The number of alkyl halides is 2. The number of imidazole rings is 1. The van der Waals surface area contributed by atoms with Gasteiger partial charge in [-0.1, -0.05) is 11.6 Å². The number of hydrogen-bond donors (Lipinski definition) is 1. The van der Waals surface area contributed by atoms with Crippen LogP contribution >= 0.6 is 11.6 Å². The third kappa shape index (κ3) is 4.30. The molecular formula is C15H14ClF2N3O6S. The first-order valence-corrected chi connectivity index (χ1v) is 9.09. The van der Waals surface area contributed by atoms with Crippen LogP contribution in [0.5, 0.6) is 11.5 Å². The summed E-state index contributed by atoms with van der Waals surface area (Å²) in [5.41, 5.74) is 0.283. The standard InChI is InChI=1S/C15H12ClF2N3O5S.H2O/c1-25-14-9(16)4-5-19-11(14)7-13-20-10-6-8(26-15(17)18)2-3-12(10)21(13)27(22,23)24;/h2-6,15H,7H2,1H3,(H,22,23,24);1H2. The molecule has 2 aromatic heterocycles. The second kappa shape index (κ2) is 8.22. The van der Waals surface area contributed by atoms with Crippen LogP contribution in [0.15, 0.2) is 30.5 Å². The van der Waals surface area contributed by atoms with Crippen molar-refractivity contribution in [3.8, 4) is 11.5 Å². The van der Waals surface area contributed by atoms with Crippen molar-refractivity contribution in [3.63, 3.8) is 0 Å². The molecule has 0 radical (unpaired) electrons. The SMILES string of the molecule is COc1c(Cl)ccnc1Cc1nc2cc(OC(F)F)ccc2n1S(=O)(=O)O.O. The molecule has 9 nitrogen and oxygen atoms in total. The zero-order chi connectivity index (χ0) is 19.8. The maximum atomic E-state index is 12.4. The predicted octanol–water partition coefficient (Wildman–Crippen LogP) is 2.11. The summed E-state index contributed by atoms with van der Waals surface area (Å²) in [7, 11) is -3.37. The molecular weight excluding hydrogens is 424 g/mol. The number of aromatic nitrogens is 3. The molecule has 152 valence electrons. The first-order chi connectivity index (χ1) is 12.7. The molecule has 0 aliphatic rings. The van der Waals surface area contributed by atoms with Gasteiger partial charge in [0.05, 0.1) is 35.3 Å². The Morgan fingerprint density at radius 1 is 1.32 bits per heavy atom. The van der Waals surface area contributed by atoms with E-state index in [0.29, 0.717) is 3.97 Å². The van der Waals surface area contributed by atoms with E-state index in [4.69, 9.17) is 16.3 Å². The highest BCUT2D eigenvalue weighted by atomic mass is 35.5. The van der Waals surface area contributed by atoms with E-state index in [9.17, 15) is 21.8 Å². The van der Waals surface area contributed by atoms with Gasteiger partial charge in [-0.05, 0) is 18.2 Å². The minimum absolute atomic E-state index is 0. The second-order valence-corrected chi connectivity index (χ2v) is 6.92. The van der Waals surface area contributed by atoms with Crippen molar-refractivity contribution < 1.29 is 36.7 Å². The lowest BCUT2D eigenvalue weighted by molar-refractivity contribution is -0.0497. The number of ether oxygens (including phenoxy) is 2. The van der Waals surface area contributed by atoms with E-state index in [1.807, 2.05) is 0 Å². The van der Waals surface area contributed by atoms with Crippen molar-refractivity contribution in [2.45, 2.75) is 13.0 Å². The topological polar surface area (TPSA) is 135 Å². The second-order valence-electron chi connectivity index (χ2n) is 5.25. The van der Waals surface area contributed by atoms with Crippen LogP contribution in [-0.4, -0.2) is 46.1 Å². The molecule has 0 atom stereocenters. The Morgan fingerprint density at radius 3 is 2.64 bits per heavy atom. The Hall–Kier alpha value is -2.54. The van der Waals surface area contributed by atoms with E-state index in [2.05, 4.69) is 14.7 Å². The average Bonchev–Trinajstić information content (AvgIpc) is 2.91. The van der Waals surface area contributed by atoms with Crippen LogP contribution in [0, 0.1) is 0 Å². The van der Waals surface area contributed by atoms with E-state index in [-0.39, 0.29) is 51.0 Å². The van der Waals surface area contributed by atoms with Crippen LogP contribution < -0.4 is 9.47 Å². The third-order valence-electron chi connectivity index (χ3n) is 3.57. The summed E-state index contributed by atoms with van der Waals surface area (Å²) in [6, 6.07) is 4.96. The van der Waals surface area contributed by atoms with Gasteiger partial charge in [-0.2, -0.15) is 17.2 Å². The van der Waals surface area contributed by atoms with Crippen molar-refractivity contribution >= 4 is 32.9 Å². The molecule has 0 unspecified atom stereocenters. The summed E-state index contributed by atoms with van der Waals surface area (Å²) in [5.74, 6) is -0.105. The smallest absolute Gasteiger partial charge is 0.387 e. The molecule has 0 spiro atoms. The highest BCUT2D eigenvalue weighted by molar-refractivity contribution is 7.84. The lowest BCUT2D eigenvalue weighted by Crippen LogP contribution is -2.15. The van der Waals surface area contributed by atoms with Crippen molar-refractivity contribution in [1.29, 1.82) is 0 Å².